The molecule has 0 fully saturated rings. The van der Waals surface area contributed by atoms with Crippen LogP contribution in [-0.2, 0) is 32.7 Å². The topological polar surface area (TPSA) is 308 Å². The Hall–Kier alpha value is -15.0. The van der Waals surface area contributed by atoms with E-state index in [0.717, 1.165) is 10.6 Å². The maximum Gasteiger partial charge on any atom is 0.219 e. The molecule has 0 N–H and O–H groups in total. The van der Waals surface area contributed by atoms with Crippen molar-refractivity contribution in [3.05, 3.63) is 347 Å². The fourth-order valence-electron chi connectivity index (χ4n) is 11.3. The number of rotatable bonds is 19. The van der Waals surface area contributed by atoms with E-state index in [-0.39, 0.29) is 55.3 Å². The van der Waals surface area contributed by atoms with Crippen molar-refractivity contribution in [3.8, 4) is 102 Å². The number of halogens is 5. The fraction of sp³-hybridized carbons (Fsp3) is 0.0732. The number of aryl methyl sites for hydroxylation is 1. The smallest absolute Gasteiger partial charge is 0.219 e. The Kier molecular flexibility index (Phi) is 24.8. The second-order valence-electron chi connectivity index (χ2n) is 24.6. The predicted octanol–water partition coefficient (Wildman–Crippen LogP) is 15.6. The summed E-state index contributed by atoms with van der Waals surface area (Å²) in [5.41, 5.74) is 4.29. The van der Waals surface area contributed by atoms with Crippen LogP contribution in [0.15, 0.2) is 285 Å². The lowest BCUT2D eigenvalue weighted by molar-refractivity contribution is 0.579. The summed E-state index contributed by atoms with van der Waals surface area (Å²) in [4.78, 5) is 72.9. The standard InChI is InChI=1S/C19H14FN5.C17H12FN5S.2C16H11FN6S.C14H12FN5/c20-16-10-5-4-9-15(16)13-25-19(14-7-2-1-3-8-14)23-18(24-25)17-21-11-6-12-22-17;18-13-6-2-1-5-12(13)11-23-16(14-7-3-4-8-19-14)21-15(22-23)17-20-9-10-24-17;17-12-5-2-1-4-11(12)10-23-15(13-18-6-3-7-19-13)21-14(22-23)16-20-8-9-24-16;17-12-5-2-1-4-11(12)10-23-15(16-20-8-9-24-16)21-14(22-23)13-18-6-3-7-19-13;1-10-18-14(13-16-7-4-8-17-13)19-20(10)9-11-5-2-3-6-12(11)15/h1-12H,13H2;1-10H,11H2;2*1-9H,10H2;2-8H,9H2,1H3. The molecule has 0 bridgehead atoms. The number of hydrogen-bond acceptors (Lipinski definition) is 25. The molecule has 0 aliphatic heterocycles. The largest absolute Gasteiger partial charge is 0.253 e. The molecule has 19 aromatic rings. The van der Waals surface area contributed by atoms with Gasteiger partial charge in [0.25, 0.3) is 0 Å². The summed E-state index contributed by atoms with van der Waals surface area (Å²) in [5.74, 6) is 5.59. The van der Waals surface area contributed by atoms with Crippen LogP contribution in [0.4, 0.5) is 22.0 Å². The summed E-state index contributed by atoms with van der Waals surface area (Å²) < 4.78 is 77.9. The molecule has 0 aliphatic rings. The van der Waals surface area contributed by atoms with Crippen LogP contribution in [0.25, 0.3) is 102 Å². The Morgan fingerprint density at radius 2 is 0.547 bits per heavy atom. The fourth-order valence-corrected chi connectivity index (χ4v) is 13.0. The first-order valence-corrected chi connectivity index (χ1v) is 38.3. The van der Waals surface area contributed by atoms with Crippen molar-refractivity contribution in [1.82, 2.24) is 134 Å². The molecule has 13 heterocycles. The van der Waals surface area contributed by atoms with E-state index in [9.17, 15) is 22.0 Å². The number of hydrogen-bond donors (Lipinski definition) is 0. The molecule has 6 aromatic carbocycles. The van der Waals surface area contributed by atoms with Gasteiger partial charge in [-0.05, 0) is 73.7 Å². The third-order valence-corrected chi connectivity index (χ3v) is 19.1. The molecule has 0 saturated carbocycles. The molecule has 117 heavy (non-hydrogen) atoms. The van der Waals surface area contributed by atoms with Crippen molar-refractivity contribution in [2.75, 3.05) is 0 Å². The van der Waals surface area contributed by atoms with Gasteiger partial charge in [0.05, 0.1) is 32.7 Å². The van der Waals surface area contributed by atoms with Gasteiger partial charge in [-0.3, -0.25) is 4.98 Å². The third kappa shape index (κ3) is 19.6. The zero-order valence-corrected chi connectivity index (χ0v) is 63.8. The SMILES string of the molecule is Cc1nc(-c2ncccn2)nn1Cc1ccccc1F.Fc1ccccc1Cn1nc(-c2ncccn2)nc1-c1ccccc1.Fc1ccccc1Cn1nc(-c2ncccn2)nc1-c1nccs1.Fc1ccccc1Cn1nc(-c2nccs2)nc1-c1ccccn1.Fc1ccccc1Cn1nc(-c2nccs2)nc1-c1ncccn1. The van der Waals surface area contributed by atoms with E-state index in [1.165, 1.54) is 64.3 Å². The highest BCUT2D eigenvalue weighted by atomic mass is 32.1. The molecular formula is C82H60F5N27S3. The van der Waals surface area contributed by atoms with Crippen LogP contribution >= 0.6 is 34.0 Å². The number of benzene rings is 6. The Labute approximate surface area is 674 Å². The molecule has 0 unspecified atom stereocenters. The van der Waals surface area contributed by atoms with Crippen molar-refractivity contribution < 1.29 is 22.0 Å². The van der Waals surface area contributed by atoms with Crippen molar-refractivity contribution in [2.45, 2.75) is 39.6 Å². The first kappa shape index (κ1) is 77.4. The van der Waals surface area contributed by atoms with Gasteiger partial charge in [0.1, 0.15) is 40.6 Å². The first-order valence-electron chi connectivity index (χ1n) is 35.6. The summed E-state index contributed by atoms with van der Waals surface area (Å²) >= 11 is 4.34. The lowest BCUT2D eigenvalue weighted by Gasteiger charge is -2.07. The molecular weight excluding hydrogens is 1550 g/mol. The van der Waals surface area contributed by atoms with Crippen LogP contribution in [0.5, 0.6) is 0 Å². The van der Waals surface area contributed by atoms with E-state index in [4.69, 9.17) is 0 Å². The van der Waals surface area contributed by atoms with Crippen LogP contribution in [0, 0.1) is 36.0 Å². The molecule has 576 valence electrons. The van der Waals surface area contributed by atoms with Crippen LogP contribution < -0.4 is 0 Å². The summed E-state index contributed by atoms with van der Waals surface area (Å²) in [7, 11) is 0. The Morgan fingerprint density at radius 3 is 0.949 bits per heavy atom. The molecule has 0 radical (unpaired) electrons. The van der Waals surface area contributed by atoms with Gasteiger partial charge in [0.15, 0.2) is 61.6 Å². The number of nitrogens with zero attached hydrogens (tertiary/aromatic N) is 27. The van der Waals surface area contributed by atoms with Gasteiger partial charge >= 0.3 is 0 Å². The Bertz CT molecular complexity index is 6190. The van der Waals surface area contributed by atoms with Crippen molar-refractivity contribution in [2.24, 2.45) is 0 Å². The maximum atomic E-state index is 14.1. The van der Waals surface area contributed by atoms with E-state index in [2.05, 4.69) is 110 Å². The van der Waals surface area contributed by atoms with E-state index in [0.29, 0.717) is 132 Å². The van der Waals surface area contributed by atoms with Gasteiger partial charge in [-0.25, -0.2) is 125 Å². The average molecular weight is 1610 g/mol. The average Bonchev–Trinajstić information content (AvgIpc) is 1.68. The van der Waals surface area contributed by atoms with Gasteiger partial charge in [-0.1, -0.05) is 127 Å². The van der Waals surface area contributed by atoms with Gasteiger partial charge in [0, 0.05) is 124 Å². The minimum atomic E-state index is -0.288. The second kappa shape index (κ2) is 37.6. The van der Waals surface area contributed by atoms with Crippen LogP contribution in [0.2, 0.25) is 0 Å². The van der Waals surface area contributed by atoms with Gasteiger partial charge in [-0.2, -0.15) is 0 Å². The van der Waals surface area contributed by atoms with Gasteiger partial charge in [-0.15, -0.1) is 59.5 Å². The highest BCUT2D eigenvalue weighted by Gasteiger charge is 2.23. The third-order valence-electron chi connectivity index (χ3n) is 16.8. The summed E-state index contributed by atoms with van der Waals surface area (Å²) in [6, 6.07) is 55.3. The summed E-state index contributed by atoms with van der Waals surface area (Å²) in [6.45, 7) is 3.19. The van der Waals surface area contributed by atoms with Crippen molar-refractivity contribution >= 4 is 34.0 Å². The Morgan fingerprint density at radius 1 is 0.239 bits per heavy atom. The molecule has 0 spiro atoms. The minimum absolute atomic E-state index is 0.235. The molecule has 0 atom stereocenters. The molecule has 0 aliphatic carbocycles. The van der Waals surface area contributed by atoms with Crippen LogP contribution in [0.3, 0.4) is 0 Å². The van der Waals surface area contributed by atoms with E-state index < -0.39 is 0 Å². The maximum absolute atomic E-state index is 14.1. The first-order chi connectivity index (χ1) is 57.5. The lowest BCUT2D eigenvalue weighted by atomic mass is 10.2. The molecule has 0 amide bonds. The van der Waals surface area contributed by atoms with E-state index >= 15 is 0 Å². The molecule has 19 rings (SSSR count). The van der Waals surface area contributed by atoms with Crippen molar-refractivity contribution in [3.63, 3.8) is 0 Å². The number of thiazole rings is 3. The number of pyridine rings is 1. The summed E-state index contributed by atoms with van der Waals surface area (Å²) in [5, 5.41) is 30.0. The molecule has 0 saturated heterocycles. The lowest BCUT2D eigenvalue weighted by Crippen LogP contribution is -2.07. The zero-order chi connectivity index (χ0) is 80.1. The molecule has 27 nitrogen and oxygen atoms in total. The molecule has 35 heteroatoms. The van der Waals surface area contributed by atoms with Crippen LogP contribution in [-0.4, -0.2) is 134 Å². The number of aromatic nitrogens is 27. The van der Waals surface area contributed by atoms with E-state index in [1.54, 1.807) is 213 Å². The summed E-state index contributed by atoms with van der Waals surface area (Å²) in [6.07, 6.45) is 19.9. The monoisotopic (exact) mass is 1610 g/mol. The molecule has 13 aromatic heterocycles. The highest BCUT2D eigenvalue weighted by Crippen LogP contribution is 2.29. The normalized spacial score (nSPS) is 10.8. The Balaban J connectivity index is 0.000000115. The second-order valence-corrected chi connectivity index (χ2v) is 27.3. The quantitative estimate of drug-likeness (QED) is 0.0679. The van der Waals surface area contributed by atoms with Crippen LogP contribution in [0.1, 0.15) is 33.6 Å². The zero-order valence-electron chi connectivity index (χ0n) is 61.4. The van der Waals surface area contributed by atoms with Crippen molar-refractivity contribution in [1.29, 1.82) is 0 Å². The van der Waals surface area contributed by atoms with Gasteiger partial charge in [0.2, 0.25) is 29.1 Å². The highest BCUT2D eigenvalue weighted by molar-refractivity contribution is 7.13. The predicted molar refractivity (Wildman–Crippen MR) is 428 cm³/mol. The van der Waals surface area contributed by atoms with E-state index in [1.807, 2.05) is 71.6 Å². The van der Waals surface area contributed by atoms with Gasteiger partial charge < -0.3 is 0 Å². The minimum Gasteiger partial charge on any atom is -0.253 e.